The van der Waals surface area contributed by atoms with Gasteiger partial charge in [0.2, 0.25) is 5.91 Å². The third-order valence-corrected chi connectivity index (χ3v) is 5.50. The second kappa shape index (κ2) is 9.40. The Morgan fingerprint density at radius 3 is 2.27 bits per heavy atom. The molecular weight excluding hydrogens is 372 g/mol. The van der Waals surface area contributed by atoms with Crippen molar-refractivity contribution in [2.45, 2.75) is 25.8 Å². The quantitative estimate of drug-likeness (QED) is 0.579. The Kier molecular flexibility index (Phi) is 6.23. The lowest BCUT2D eigenvalue weighted by Crippen LogP contribution is -2.33. The molecule has 4 rings (SSSR count). The van der Waals surface area contributed by atoms with E-state index in [0.29, 0.717) is 25.1 Å². The Morgan fingerprint density at radius 1 is 0.867 bits per heavy atom. The SMILES string of the molecule is O=C1CCCN1Cc1cccc(C(=O)N(CCc2ccccc2)c2ccccc2)c1. The van der Waals surface area contributed by atoms with Crippen LogP contribution in [-0.4, -0.2) is 29.8 Å². The molecule has 0 radical (unpaired) electrons. The second-order valence-electron chi connectivity index (χ2n) is 7.65. The molecule has 1 aliphatic rings. The van der Waals surface area contributed by atoms with Crippen molar-refractivity contribution < 1.29 is 9.59 Å². The molecule has 0 N–H and O–H groups in total. The van der Waals surface area contributed by atoms with E-state index in [9.17, 15) is 9.59 Å². The summed E-state index contributed by atoms with van der Waals surface area (Å²) in [5, 5.41) is 0. The number of hydrogen-bond acceptors (Lipinski definition) is 2. The Labute approximate surface area is 177 Å². The Balaban J connectivity index is 1.55. The van der Waals surface area contributed by atoms with Gasteiger partial charge in [0.05, 0.1) is 0 Å². The molecule has 1 saturated heterocycles. The molecule has 0 atom stereocenters. The van der Waals surface area contributed by atoms with Crippen LogP contribution in [0.15, 0.2) is 84.9 Å². The van der Waals surface area contributed by atoms with Crippen LogP contribution in [0.3, 0.4) is 0 Å². The zero-order chi connectivity index (χ0) is 20.8. The van der Waals surface area contributed by atoms with Crippen molar-refractivity contribution in [3.8, 4) is 0 Å². The van der Waals surface area contributed by atoms with Crippen LogP contribution in [0.4, 0.5) is 5.69 Å². The van der Waals surface area contributed by atoms with Gasteiger partial charge in [-0.1, -0.05) is 60.7 Å². The maximum absolute atomic E-state index is 13.5. The zero-order valence-electron chi connectivity index (χ0n) is 17.0. The predicted octanol–water partition coefficient (Wildman–Crippen LogP) is 4.70. The zero-order valence-corrected chi connectivity index (χ0v) is 17.0. The highest BCUT2D eigenvalue weighted by molar-refractivity contribution is 6.06. The largest absolute Gasteiger partial charge is 0.338 e. The van der Waals surface area contributed by atoms with Crippen molar-refractivity contribution in [2.75, 3.05) is 18.0 Å². The lowest BCUT2D eigenvalue weighted by molar-refractivity contribution is -0.128. The number of hydrogen-bond donors (Lipinski definition) is 0. The number of carbonyl (C=O) groups excluding carboxylic acids is 2. The molecule has 1 fully saturated rings. The van der Waals surface area contributed by atoms with E-state index < -0.39 is 0 Å². The first-order valence-corrected chi connectivity index (χ1v) is 10.5. The lowest BCUT2D eigenvalue weighted by Gasteiger charge is -2.24. The predicted molar refractivity (Wildman–Crippen MR) is 119 cm³/mol. The Hall–Kier alpha value is -3.40. The van der Waals surface area contributed by atoms with E-state index in [2.05, 4.69) is 12.1 Å². The van der Waals surface area contributed by atoms with Gasteiger partial charge in [-0.2, -0.15) is 0 Å². The van der Waals surface area contributed by atoms with Crippen molar-refractivity contribution in [1.82, 2.24) is 4.90 Å². The fraction of sp³-hybridized carbons (Fsp3) is 0.231. The number of carbonyl (C=O) groups is 2. The number of likely N-dealkylation sites (tertiary alicyclic amines) is 1. The number of nitrogens with zero attached hydrogens (tertiary/aromatic N) is 2. The summed E-state index contributed by atoms with van der Waals surface area (Å²) < 4.78 is 0. The van der Waals surface area contributed by atoms with Crippen LogP contribution < -0.4 is 4.90 Å². The van der Waals surface area contributed by atoms with E-state index in [1.807, 2.05) is 82.6 Å². The highest BCUT2D eigenvalue weighted by Gasteiger charge is 2.21. The van der Waals surface area contributed by atoms with Crippen LogP contribution in [-0.2, 0) is 17.8 Å². The van der Waals surface area contributed by atoms with Gasteiger partial charge in [0, 0.05) is 37.3 Å². The minimum atomic E-state index is -0.0215. The van der Waals surface area contributed by atoms with E-state index in [-0.39, 0.29) is 11.8 Å². The summed E-state index contributed by atoms with van der Waals surface area (Å²) in [6.07, 6.45) is 2.32. The normalized spacial score (nSPS) is 13.5. The molecule has 1 heterocycles. The number of benzene rings is 3. The second-order valence-corrected chi connectivity index (χ2v) is 7.65. The van der Waals surface area contributed by atoms with Crippen LogP contribution in [0.1, 0.15) is 34.3 Å². The minimum Gasteiger partial charge on any atom is -0.338 e. The van der Waals surface area contributed by atoms with Gasteiger partial charge in [-0.3, -0.25) is 9.59 Å². The number of para-hydroxylation sites is 1. The van der Waals surface area contributed by atoms with E-state index >= 15 is 0 Å². The van der Waals surface area contributed by atoms with Crippen LogP contribution >= 0.6 is 0 Å². The van der Waals surface area contributed by atoms with Crippen molar-refractivity contribution in [2.24, 2.45) is 0 Å². The standard InChI is InChI=1S/C26H26N2O2/c29-25-15-8-17-27(25)20-22-11-7-12-23(19-22)26(30)28(24-13-5-2-6-14-24)18-16-21-9-3-1-4-10-21/h1-7,9-14,19H,8,15-18,20H2. The molecule has 0 unspecified atom stereocenters. The summed E-state index contributed by atoms with van der Waals surface area (Å²) in [5.74, 6) is 0.173. The molecule has 0 bridgehead atoms. The molecule has 0 aliphatic carbocycles. The number of amides is 2. The van der Waals surface area contributed by atoms with Gasteiger partial charge in [-0.25, -0.2) is 0 Å². The third-order valence-electron chi connectivity index (χ3n) is 5.50. The Bertz CT molecular complexity index is 1000. The van der Waals surface area contributed by atoms with Gasteiger partial charge in [-0.15, -0.1) is 0 Å². The van der Waals surface area contributed by atoms with Crippen LogP contribution in [0.5, 0.6) is 0 Å². The average molecular weight is 399 g/mol. The maximum atomic E-state index is 13.5. The maximum Gasteiger partial charge on any atom is 0.258 e. The summed E-state index contributed by atoms with van der Waals surface area (Å²) in [4.78, 5) is 29.1. The van der Waals surface area contributed by atoms with Crippen LogP contribution in [0, 0.1) is 0 Å². The molecule has 0 aromatic heterocycles. The van der Waals surface area contributed by atoms with Crippen LogP contribution in [0.25, 0.3) is 0 Å². The van der Waals surface area contributed by atoms with Crippen LogP contribution in [0.2, 0.25) is 0 Å². The van der Waals surface area contributed by atoms with Gasteiger partial charge in [0.15, 0.2) is 0 Å². The first-order valence-electron chi connectivity index (χ1n) is 10.5. The smallest absolute Gasteiger partial charge is 0.258 e. The Morgan fingerprint density at radius 2 is 1.57 bits per heavy atom. The summed E-state index contributed by atoms with van der Waals surface area (Å²) in [6.45, 7) is 1.96. The van der Waals surface area contributed by atoms with Gasteiger partial charge in [0.1, 0.15) is 0 Å². The van der Waals surface area contributed by atoms with Gasteiger partial charge in [-0.05, 0) is 48.2 Å². The summed E-state index contributed by atoms with van der Waals surface area (Å²) in [7, 11) is 0. The molecule has 3 aromatic carbocycles. The first-order chi connectivity index (χ1) is 14.7. The lowest BCUT2D eigenvalue weighted by atomic mass is 10.1. The van der Waals surface area contributed by atoms with E-state index in [0.717, 1.165) is 30.6 Å². The van der Waals surface area contributed by atoms with Crippen molar-refractivity contribution in [3.05, 3.63) is 102 Å². The van der Waals surface area contributed by atoms with E-state index in [4.69, 9.17) is 0 Å². The molecule has 30 heavy (non-hydrogen) atoms. The summed E-state index contributed by atoms with van der Waals surface area (Å²) in [6, 6.07) is 27.7. The highest BCUT2D eigenvalue weighted by Crippen LogP contribution is 2.20. The van der Waals surface area contributed by atoms with Crippen molar-refractivity contribution in [3.63, 3.8) is 0 Å². The van der Waals surface area contributed by atoms with Gasteiger partial charge >= 0.3 is 0 Å². The summed E-state index contributed by atoms with van der Waals surface area (Å²) >= 11 is 0. The summed E-state index contributed by atoms with van der Waals surface area (Å²) in [5.41, 5.74) is 3.73. The molecule has 4 heteroatoms. The number of anilines is 1. The van der Waals surface area contributed by atoms with Gasteiger partial charge < -0.3 is 9.80 Å². The monoisotopic (exact) mass is 398 g/mol. The average Bonchev–Trinajstić information content (AvgIpc) is 3.19. The molecule has 0 spiro atoms. The molecular formula is C26H26N2O2. The number of rotatable bonds is 7. The fourth-order valence-corrected chi connectivity index (χ4v) is 3.89. The van der Waals surface area contributed by atoms with Crippen molar-refractivity contribution in [1.29, 1.82) is 0 Å². The van der Waals surface area contributed by atoms with E-state index in [1.54, 1.807) is 0 Å². The first kappa shape index (κ1) is 19.9. The molecule has 2 amide bonds. The molecule has 1 aliphatic heterocycles. The highest BCUT2D eigenvalue weighted by atomic mass is 16.2. The topological polar surface area (TPSA) is 40.6 Å². The van der Waals surface area contributed by atoms with Crippen molar-refractivity contribution >= 4 is 17.5 Å². The van der Waals surface area contributed by atoms with E-state index in [1.165, 1.54) is 5.56 Å². The molecule has 152 valence electrons. The molecule has 3 aromatic rings. The fourth-order valence-electron chi connectivity index (χ4n) is 3.89. The molecule has 4 nitrogen and oxygen atoms in total. The third kappa shape index (κ3) is 4.77. The molecule has 0 saturated carbocycles. The van der Waals surface area contributed by atoms with Gasteiger partial charge in [0.25, 0.3) is 5.91 Å². The minimum absolute atomic E-state index is 0.0215.